The van der Waals surface area contributed by atoms with E-state index in [0.29, 0.717) is 47.8 Å². The monoisotopic (exact) mass is 448 g/mol. The first-order valence-corrected chi connectivity index (χ1v) is 11.7. The lowest BCUT2D eigenvalue weighted by Crippen LogP contribution is -2.41. The molecule has 30 heavy (non-hydrogen) atoms. The van der Waals surface area contributed by atoms with Crippen LogP contribution in [0.5, 0.6) is 5.75 Å². The maximum atomic E-state index is 13.0. The second-order valence-corrected chi connectivity index (χ2v) is 8.15. The Morgan fingerprint density at radius 1 is 1.20 bits per heavy atom. The van der Waals surface area contributed by atoms with E-state index in [2.05, 4.69) is 17.9 Å². The Bertz CT molecular complexity index is 833. The van der Waals surface area contributed by atoms with Crippen LogP contribution in [0.3, 0.4) is 0 Å². The fraction of sp³-hybridized carbons (Fsp3) is 0.364. The van der Waals surface area contributed by atoms with E-state index in [9.17, 15) is 14.7 Å². The molecule has 0 aromatic heterocycles. The molecule has 2 aromatic carbocycles. The Hall–Kier alpha value is -2.16. The van der Waals surface area contributed by atoms with Crippen LogP contribution in [-0.4, -0.2) is 53.4 Å². The quantitative estimate of drug-likeness (QED) is 0.372. The van der Waals surface area contributed by atoms with Crippen LogP contribution in [0.15, 0.2) is 48.5 Å². The molecule has 162 valence electrons. The molecule has 0 fully saturated rings. The SMILES string of the molecule is CSCCC(NC(=O)c1cc(OCCC(N)CS)ccc1-c1ccccc1)C(=O)O. The highest BCUT2D eigenvalue weighted by Gasteiger charge is 2.22. The predicted octanol–water partition coefficient (Wildman–Crippen LogP) is 3.32. The van der Waals surface area contributed by atoms with Crippen molar-refractivity contribution < 1.29 is 19.4 Å². The number of carbonyl (C=O) groups is 2. The van der Waals surface area contributed by atoms with Crippen molar-refractivity contribution in [3.8, 4) is 16.9 Å². The van der Waals surface area contributed by atoms with E-state index in [-0.39, 0.29) is 6.04 Å². The summed E-state index contributed by atoms with van der Waals surface area (Å²) in [5.74, 6) is 0.238. The first-order chi connectivity index (χ1) is 14.5. The summed E-state index contributed by atoms with van der Waals surface area (Å²) in [5.41, 5.74) is 7.80. The van der Waals surface area contributed by atoms with Crippen LogP contribution in [-0.2, 0) is 4.79 Å². The molecule has 2 aromatic rings. The van der Waals surface area contributed by atoms with Gasteiger partial charge in [-0.05, 0) is 54.2 Å². The third-order valence-corrected chi connectivity index (χ3v) is 5.64. The molecule has 1 amide bonds. The highest BCUT2D eigenvalue weighted by atomic mass is 32.2. The fourth-order valence-corrected chi connectivity index (χ4v) is 3.47. The molecule has 0 radical (unpaired) electrons. The van der Waals surface area contributed by atoms with E-state index in [0.717, 1.165) is 5.56 Å². The highest BCUT2D eigenvalue weighted by molar-refractivity contribution is 7.98. The number of nitrogens with one attached hydrogen (secondary N) is 1. The van der Waals surface area contributed by atoms with E-state index < -0.39 is 17.9 Å². The van der Waals surface area contributed by atoms with Gasteiger partial charge in [0.25, 0.3) is 5.91 Å². The minimum atomic E-state index is -1.05. The summed E-state index contributed by atoms with van der Waals surface area (Å²) >= 11 is 5.70. The first-order valence-electron chi connectivity index (χ1n) is 9.67. The molecule has 8 heteroatoms. The molecular weight excluding hydrogens is 420 g/mol. The molecule has 6 nitrogen and oxygen atoms in total. The third-order valence-electron chi connectivity index (χ3n) is 4.53. The van der Waals surface area contributed by atoms with Gasteiger partial charge in [-0.3, -0.25) is 4.79 Å². The number of aliphatic carboxylic acids is 1. The van der Waals surface area contributed by atoms with Gasteiger partial charge >= 0.3 is 5.97 Å². The van der Waals surface area contributed by atoms with Crippen molar-refractivity contribution in [3.63, 3.8) is 0 Å². The summed E-state index contributed by atoms with van der Waals surface area (Å²) < 4.78 is 5.76. The van der Waals surface area contributed by atoms with Crippen molar-refractivity contribution in [2.75, 3.05) is 24.4 Å². The van der Waals surface area contributed by atoms with E-state index in [4.69, 9.17) is 10.5 Å². The minimum absolute atomic E-state index is 0.0625. The Morgan fingerprint density at radius 2 is 1.93 bits per heavy atom. The number of hydrogen-bond donors (Lipinski definition) is 4. The molecular formula is C22H28N2O4S2. The Kier molecular flexibility index (Phi) is 10.1. The number of carbonyl (C=O) groups excluding carboxylic acids is 1. The molecule has 0 aliphatic carbocycles. The topological polar surface area (TPSA) is 102 Å². The zero-order valence-corrected chi connectivity index (χ0v) is 18.6. The number of thiol groups is 1. The van der Waals surface area contributed by atoms with Crippen molar-refractivity contribution in [3.05, 3.63) is 54.1 Å². The maximum Gasteiger partial charge on any atom is 0.326 e. The van der Waals surface area contributed by atoms with Crippen LogP contribution in [0.4, 0.5) is 0 Å². The summed E-state index contributed by atoms with van der Waals surface area (Å²) in [6, 6.07) is 13.7. The van der Waals surface area contributed by atoms with Gasteiger partial charge in [0, 0.05) is 11.8 Å². The average Bonchev–Trinajstić information content (AvgIpc) is 2.76. The van der Waals surface area contributed by atoms with Crippen molar-refractivity contribution in [1.82, 2.24) is 5.32 Å². The summed E-state index contributed by atoms with van der Waals surface area (Å²) in [5, 5.41) is 12.1. The standard InChI is InChI=1S/C22H28N2O4S2/c1-30-12-10-20(22(26)27)24-21(25)19-13-17(28-11-9-16(23)14-29)7-8-18(19)15-5-3-2-4-6-15/h2-8,13,16,20,29H,9-12,14,23H2,1H3,(H,24,25)(H,26,27). The molecule has 4 N–H and O–H groups in total. The van der Waals surface area contributed by atoms with E-state index >= 15 is 0 Å². The molecule has 0 saturated carbocycles. The summed E-state index contributed by atoms with van der Waals surface area (Å²) in [7, 11) is 0. The van der Waals surface area contributed by atoms with Gasteiger partial charge in [0.15, 0.2) is 0 Å². The van der Waals surface area contributed by atoms with Gasteiger partial charge in [-0.2, -0.15) is 24.4 Å². The van der Waals surface area contributed by atoms with Gasteiger partial charge in [0.05, 0.1) is 12.2 Å². The van der Waals surface area contributed by atoms with Crippen LogP contribution in [0.2, 0.25) is 0 Å². The fourth-order valence-electron chi connectivity index (χ4n) is 2.82. The van der Waals surface area contributed by atoms with Crippen molar-refractivity contribution in [2.24, 2.45) is 5.73 Å². The summed E-state index contributed by atoms with van der Waals surface area (Å²) in [6.45, 7) is 0.402. The Labute approximate surface area is 187 Å². The maximum absolute atomic E-state index is 13.0. The number of benzene rings is 2. The number of rotatable bonds is 12. The second kappa shape index (κ2) is 12.5. The number of ether oxygens (including phenoxy) is 1. The number of nitrogens with two attached hydrogens (primary N) is 1. The van der Waals surface area contributed by atoms with Crippen LogP contribution in [0.25, 0.3) is 11.1 Å². The van der Waals surface area contributed by atoms with E-state index in [1.807, 2.05) is 42.7 Å². The third kappa shape index (κ3) is 7.27. The largest absolute Gasteiger partial charge is 0.494 e. The van der Waals surface area contributed by atoms with Gasteiger partial charge in [0.1, 0.15) is 11.8 Å². The van der Waals surface area contributed by atoms with Gasteiger partial charge in [0.2, 0.25) is 0 Å². The molecule has 0 heterocycles. The molecule has 0 spiro atoms. The number of amides is 1. The number of hydrogen-bond acceptors (Lipinski definition) is 6. The first kappa shape index (κ1) is 24.1. The van der Waals surface area contributed by atoms with Gasteiger partial charge in [-0.25, -0.2) is 4.79 Å². The highest BCUT2D eigenvalue weighted by Crippen LogP contribution is 2.28. The van der Waals surface area contributed by atoms with Crippen molar-refractivity contribution in [2.45, 2.75) is 24.9 Å². The lowest BCUT2D eigenvalue weighted by atomic mass is 9.98. The van der Waals surface area contributed by atoms with Crippen LogP contribution in [0, 0.1) is 0 Å². The van der Waals surface area contributed by atoms with Crippen LogP contribution >= 0.6 is 24.4 Å². The zero-order valence-electron chi connectivity index (χ0n) is 16.9. The molecule has 0 aliphatic heterocycles. The Balaban J connectivity index is 2.28. The molecule has 0 saturated heterocycles. The average molecular weight is 449 g/mol. The summed E-state index contributed by atoms with van der Waals surface area (Å²) in [6.07, 6.45) is 2.89. The van der Waals surface area contributed by atoms with Gasteiger partial charge < -0.3 is 20.9 Å². The van der Waals surface area contributed by atoms with Crippen LogP contribution < -0.4 is 15.8 Å². The molecule has 0 aliphatic rings. The van der Waals surface area contributed by atoms with Crippen molar-refractivity contribution >= 4 is 36.3 Å². The zero-order chi connectivity index (χ0) is 21.9. The smallest absolute Gasteiger partial charge is 0.326 e. The number of carboxylic acid groups (broad SMARTS) is 1. The van der Waals surface area contributed by atoms with Crippen LogP contribution in [0.1, 0.15) is 23.2 Å². The predicted molar refractivity (Wildman–Crippen MR) is 126 cm³/mol. The second-order valence-electron chi connectivity index (χ2n) is 6.80. The molecule has 0 bridgehead atoms. The lowest BCUT2D eigenvalue weighted by Gasteiger charge is -2.17. The van der Waals surface area contributed by atoms with Gasteiger partial charge in [-0.1, -0.05) is 30.3 Å². The number of carboxylic acids is 1. The molecule has 2 atom stereocenters. The van der Waals surface area contributed by atoms with Gasteiger partial charge in [-0.15, -0.1) is 0 Å². The number of thioether (sulfide) groups is 1. The van der Waals surface area contributed by atoms with E-state index in [1.54, 1.807) is 12.1 Å². The van der Waals surface area contributed by atoms with E-state index in [1.165, 1.54) is 11.8 Å². The Morgan fingerprint density at radius 3 is 2.57 bits per heavy atom. The van der Waals surface area contributed by atoms with Crippen molar-refractivity contribution in [1.29, 1.82) is 0 Å². The normalized spacial score (nSPS) is 12.8. The molecule has 2 unspecified atom stereocenters. The minimum Gasteiger partial charge on any atom is -0.494 e. The lowest BCUT2D eigenvalue weighted by molar-refractivity contribution is -0.139. The summed E-state index contributed by atoms with van der Waals surface area (Å²) in [4.78, 5) is 24.6. The molecule has 2 rings (SSSR count).